The number of aryl methyl sites for hydroxylation is 1. The molecule has 0 bridgehead atoms. The molecule has 1 fully saturated rings. The third kappa shape index (κ3) is 2.90. The van der Waals surface area contributed by atoms with Crippen molar-refractivity contribution in [2.75, 3.05) is 24.6 Å². The highest BCUT2D eigenvalue weighted by Gasteiger charge is 2.23. The molecule has 23 heavy (non-hydrogen) atoms. The number of morpholine rings is 1. The molecular formula is C17H19N5O. The van der Waals surface area contributed by atoms with Crippen LogP contribution in [0.1, 0.15) is 5.56 Å². The molecule has 1 aliphatic heterocycles. The highest BCUT2D eigenvalue weighted by molar-refractivity contribution is 5.89. The first-order chi connectivity index (χ1) is 11.3. The first-order valence-corrected chi connectivity index (χ1v) is 7.85. The first-order valence-electron chi connectivity index (χ1n) is 7.85. The summed E-state index contributed by atoms with van der Waals surface area (Å²) in [6.07, 6.45) is 5.66. The van der Waals surface area contributed by atoms with Crippen molar-refractivity contribution in [1.82, 2.24) is 19.7 Å². The average Bonchev–Trinajstić information content (AvgIpc) is 2.99. The standard InChI is InChI=1S/C17H19N5O/c1-13-8-20-22(9-13)11-14-10-21(6-7-23-14)17-15-4-2-3-5-16(15)18-12-19-17/h2-5,8-9,12,14H,6-7,10-11H2,1H3. The van der Waals surface area contributed by atoms with E-state index in [1.165, 1.54) is 5.56 Å². The Labute approximate surface area is 134 Å². The lowest BCUT2D eigenvalue weighted by Crippen LogP contribution is -2.44. The maximum Gasteiger partial charge on any atom is 0.140 e. The average molecular weight is 309 g/mol. The molecule has 0 aliphatic carbocycles. The summed E-state index contributed by atoms with van der Waals surface area (Å²) in [7, 11) is 0. The lowest BCUT2D eigenvalue weighted by Gasteiger charge is -2.34. The Kier molecular flexibility index (Phi) is 3.67. The molecule has 1 unspecified atom stereocenters. The zero-order valence-corrected chi connectivity index (χ0v) is 13.1. The highest BCUT2D eigenvalue weighted by Crippen LogP contribution is 2.24. The van der Waals surface area contributed by atoms with E-state index >= 15 is 0 Å². The van der Waals surface area contributed by atoms with Crippen LogP contribution < -0.4 is 4.90 Å². The number of ether oxygens (including phenoxy) is 1. The van der Waals surface area contributed by atoms with E-state index in [1.54, 1.807) is 6.33 Å². The lowest BCUT2D eigenvalue weighted by molar-refractivity contribution is 0.0272. The minimum atomic E-state index is 0.108. The molecular weight excluding hydrogens is 290 g/mol. The van der Waals surface area contributed by atoms with Gasteiger partial charge in [-0.25, -0.2) is 9.97 Å². The van der Waals surface area contributed by atoms with Gasteiger partial charge in [-0.2, -0.15) is 5.10 Å². The van der Waals surface area contributed by atoms with Gasteiger partial charge in [0.1, 0.15) is 12.1 Å². The van der Waals surface area contributed by atoms with E-state index in [4.69, 9.17) is 4.74 Å². The van der Waals surface area contributed by atoms with Gasteiger partial charge in [0.05, 0.1) is 31.0 Å². The Balaban J connectivity index is 1.56. The number of para-hydroxylation sites is 1. The van der Waals surface area contributed by atoms with Gasteiger partial charge in [0, 0.05) is 24.7 Å². The van der Waals surface area contributed by atoms with Gasteiger partial charge >= 0.3 is 0 Å². The zero-order chi connectivity index (χ0) is 15.6. The van der Waals surface area contributed by atoms with Gasteiger partial charge in [-0.05, 0) is 24.6 Å². The molecule has 1 aliphatic rings. The molecule has 4 rings (SSSR count). The van der Waals surface area contributed by atoms with Crippen molar-refractivity contribution in [3.05, 3.63) is 48.5 Å². The quantitative estimate of drug-likeness (QED) is 0.741. The van der Waals surface area contributed by atoms with Gasteiger partial charge < -0.3 is 9.64 Å². The number of benzene rings is 1. The van der Waals surface area contributed by atoms with E-state index in [-0.39, 0.29) is 6.10 Å². The summed E-state index contributed by atoms with van der Waals surface area (Å²) in [5.41, 5.74) is 2.14. The third-order valence-electron chi connectivity index (χ3n) is 4.11. The topological polar surface area (TPSA) is 56.1 Å². The third-order valence-corrected chi connectivity index (χ3v) is 4.11. The zero-order valence-electron chi connectivity index (χ0n) is 13.1. The van der Waals surface area contributed by atoms with Crippen molar-refractivity contribution in [2.24, 2.45) is 0 Å². The molecule has 0 spiro atoms. The summed E-state index contributed by atoms with van der Waals surface area (Å²) in [6.45, 7) is 5.15. The minimum Gasteiger partial charge on any atom is -0.373 e. The fraction of sp³-hybridized carbons (Fsp3) is 0.353. The molecule has 1 atom stereocenters. The lowest BCUT2D eigenvalue weighted by atomic mass is 10.2. The molecule has 3 heterocycles. The molecule has 1 saturated heterocycles. The maximum atomic E-state index is 5.91. The molecule has 3 aromatic rings. The second kappa shape index (κ2) is 5.96. The monoisotopic (exact) mass is 309 g/mol. The van der Waals surface area contributed by atoms with Crippen molar-refractivity contribution in [3.63, 3.8) is 0 Å². The van der Waals surface area contributed by atoms with Crippen LogP contribution >= 0.6 is 0 Å². The normalized spacial score (nSPS) is 18.5. The van der Waals surface area contributed by atoms with Crippen LogP contribution in [0.2, 0.25) is 0 Å². The van der Waals surface area contributed by atoms with E-state index in [0.717, 1.165) is 36.4 Å². The summed E-state index contributed by atoms with van der Waals surface area (Å²) in [4.78, 5) is 11.1. The van der Waals surface area contributed by atoms with E-state index in [9.17, 15) is 0 Å². The number of rotatable bonds is 3. The number of hydrogen-bond acceptors (Lipinski definition) is 5. The highest BCUT2D eigenvalue weighted by atomic mass is 16.5. The van der Waals surface area contributed by atoms with Gasteiger partial charge in [0.25, 0.3) is 0 Å². The number of nitrogens with zero attached hydrogens (tertiary/aromatic N) is 5. The van der Waals surface area contributed by atoms with E-state index in [2.05, 4.69) is 26.0 Å². The van der Waals surface area contributed by atoms with Crippen LogP contribution in [0.4, 0.5) is 5.82 Å². The minimum absolute atomic E-state index is 0.108. The van der Waals surface area contributed by atoms with Crippen LogP contribution in [-0.2, 0) is 11.3 Å². The molecule has 1 aromatic carbocycles. The van der Waals surface area contributed by atoms with Crippen LogP contribution in [0, 0.1) is 6.92 Å². The van der Waals surface area contributed by atoms with Crippen molar-refractivity contribution in [3.8, 4) is 0 Å². The predicted octanol–water partition coefficient (Wildman–Crippen LogP) is 2.04. The Morgan fingerprint density at radius 1 is 1.26 bits per heavy atom. The molecule has 6 nitrogen and oxygen atoms in total. The Bertz CT molecular complexity index is 810. The largest absolute Gasteiger partial charge is 0.373 e. The van der Waals surface area contributed by atoms with Gasteiger partial charge in [-0.1, -0.05) is 12.1 Å². The van der Waals surface area contributed by atoms with E-state index in [1.807, 2.05) is 42.2 Å². The van der Waals surface area contributed by atoms with Crippen LogP contribution in [0.5, 0.6) is 0 Å². The molecule has 6 heteroatoms. The number of anilines is 1. The second-order valence-corrected chi connectivity index (χ2v) is 5.89. The van der Waals surface area contributed by atoms with Crippen molar-refractivity contribution < 1.29 is 4.74 Å². The van der Waals surface area contributed by atoms with Crippen LogP contribution in [0.3, 0.4) is 0 Å². The Morgan fingerprint density at radius 3 is 3.04 bits per heavy atom. The first kappa shape index (κ1) is 14.1. The van der Waals surface area contributed by atoms with Gasteiger partial charge in [-0.15, -0.1) is 0 Å². The maximum absolute atomic E-state index is 5.91. The number of hydrogen-bond donors (Lipinski definition) is 0. The van der Waals surface area contributed by atoms with Crippen LogP contribution in [0.15, 0.2) is 43.0 Å². The predicted molar refractivity (Wildman–Crippen MR) is 88.5 cm³/mol. The summed E-state index contributed by atoms with van der Waals surface area (Å²) in [5.74, 6) is 0.987. The fourth-order valence-corrected chi connectivity index (χ4v) is 3.04. The van der Waals surface area contributed by atoms with Gasteiger partial charge in [-0.3, -0.25) is 4.68 Å². The van der Waals surface area contributed by atoms with Gasteiger partial charge in [0.15, 0.2) is 0 Å². The van der Waals surface area contributed by atoms with E-state index < -0.39 is 0 Å². The van der Waals surface area contributed by atoms with Crippen molar-refractivity contribution in [1.29, 1.82) is 0 Å². The smallest absolute Gasteiger partial charge is 0.140 e. The molecule has 0 radical (unpaired) electrons. The second-order valence-electron chi connectivity index (χ2n) is 5.89. The molecule has 0 saturated carbocycles. The van der Waals surface area contributed by atoms with Gasteiger partial charge in [0.2, 0.25) is 0 Å². The van der Waals surface area contributed by atoms with E-state index in [0.29, 0.717) is 6.61 Å². The van der Waals surface area contributed by atoms with Crippen LogP contribution in [0.25, 0.3) is 10.9 Å². The Morgan fingerprint density at radius 2 is 2.17 bits per heavy atom. The molecule has 2 aromatic heterocycles. The fourth-order valence-electron chi connectivity index (χ4n) is 3.04. The number of fused-ring (bicyclic) bond motifs is 1. The van der Waals surface area contributed by atoms with Crippen molar-refractivity contribution >= 4 is 16.7 Å². The molecule has 118 valence electrons. The molecule has 0 N–H and O–H groups in total. The molecule has 0 amide bonds. The SMILES string of the molecule is Cc1cnn(CC2CN(c3ncnc4ccccc34)CCO2)c1. The summed E-state index contributed by atoms with van der Waals surface area (Å²) < 4.78 is 7.86. The number of aromatic nitrogens is 4. The summed E-state index contributed by atoms with van der Waals surface area (Å²) in [5, 5.41) is 5.44. The summed E-state index contributed by atoms with van der Waals surface area (Å²) >= 11 is 0. The Hall–Kier alpha value is -2.47. The van der Waals surface area contributed by atoms with Crippen molar-refractivity contribution in [2.45, 2.75) is 19.6 Å². The summed E-state index contributed by atoms with van der Waals surface area (Å²) in [6, 6.07) is 8.12. The van der Waals surface area contributed by atoms with Crippen LogP contribution in [-0.4, -0.2) is 45.5 Å².